The highest BCUT2D eigenvalue weighted by Crippen LogP contribution is 2.31. The molecule has 4 aromatic rings. The lowest BCUT2D eigenvalue weighted by Gasteiger charge is -2.02. The number of hydrogen-bond donors (Lipinski definition) is 0. The third-order valence-electron chi connectivity index (χ3n) is 3.83. The molecular formula is C18H11F3N4O3S2. The van der Waals surface area contributed by atoms with E-state index in [0.717, 1.165) is 15.3 Å². The smallest absolute Gasteiger partial charge is 0.329 e. The van der Waals surface area contributed by atoms with Crippen LogP contribution in [-0.4, -0.2) is 27.5 Å². The first-order chi connectivity index (χ1) is 14.2. The molecule has 12 heteroatoms. The summed E-state index contributed by atoms with van der Waals surface area (Å²) in [4.78, 5) is 8.12. The summed E-state index contributed by atoms with van der Waals surface area (Å²) in [5, 5.41) is 3.21. The summed E-state index contributed by atoms with van der Waals surface area (Å²) >= 11 is 1.08. The highest BCUT2D eigenvalue weighted by molar-refractivity contribution is 7.92. The van der Waals surface area contributed by atoms with Crippen LogP contribution in [-0.2, 0) is 16.2 Å². The first-order valence-electron chi connectivity index (χ1n) is 8.27. The van der Waals surface area contributed by atoms with E-state index >= 15 is 0 Å². The summed E-state index contributed by atoms with van der Waals surface area (Å²) in [6.07, 6.45) is 2.13. The van der Waals surface area contributed by atoms with Gasteiger partial charge in [0, 0.05) is 18.6 Å². The van der Waals surface area contributed by atoms with Gasteiger partial charge >= 0.3 is 12.1 Å². The molecule has 7 nitrogen and oxygen atoms in total. The Hall–Kier alpha value is -3.25. The molecule has 0 saturated carbocycles. The Balaban J connectivity index is 1.54. The van der Waals surface area contributed by atoms with Gasteiger partial charge in [-0.15, -0.1) is 11.3 Å². The largest absolute Gasteiger partial charge is 0.471 e. The Morgan fingerprint density at radius 1 is 1.10 bits per heavy atom. The molecule has 30 heavy (non-hydrogen) atoms. The number of alkyl halides is 3. The van der Waals surface area contributed by atoms with Crippen LogP contribution in [0.1, 0.15) is 17.3 Å². The molecule has 0 N–H and O–H groups in total. The van der Waals surface area contributed by atoms with E-state index in [9.17, 15) is 21.6 Å². The second-order valence-electron chi connectivity index (χ2n) is 5.90. The fraction of sp³-hybridized carbons (Fsp3) is 0.0556. The molecule has 0 spiro atoms. The van der Waals surface area contributed by atoms with Crippen LogP contribution in [0.5, 0.6) is 0 Å². The Labute approximate surface area is 172 Å². The highest BCUT2D eigenvalue weighted by Gasteiger charge is 2.38. The lowest BCUT2D eigenvalue weighted by Crippen LogP contribution is -2.08. The minimum absolute atomic E-state index is 0.127. The third kappa shape index (κ3) is 4.04. The van der Waals surface area contributed by atoms with Crippen LogP contribution in [0.15, 0.2) is 63.7 Å². The molecule has 0 saturated heterocycles. The maximum atomic E-state index is 12.8. The van der Waals surface area contributed by atoms with Crippen molar-refractivity contribution in [3.63, 3.8) is 0 Å². The molecular weight excluding hydrogens is 441 g/mol. The summed E-state index contributed by atoms with van der Waals surface area (Å²) in [6, 6.07) is 10.0. The second-order valence-corrected chi connectivity index (χ2v) is 9.06. The number of hydrogen-bond acceptors (Lipinski definition) is 7. The first-order valence-corrected chi connectivity index (χ1v) is 10.5. The van der Waals surface area contributed by atoms with Crippen molar-refractivity contribution in [2.24, 2.45) is 0 Å². The molecule has 0 aliphatic rings. The minimum Gasteiger partial charge on any atom is -0.329 e. The van der Waals surface area contributed by atoms with Gasteiger partial charge in [0.1, 0.15) is 4.21 Å². The standard InChI is InChI=1S/C18H11F3N4O3S2/c19-18(20,21)17-23-15(24-28-17)6-4-12-8-10-25(11-12)30(26,27)16-7-5-14(29-16)13-3-1-2-9-22-13/h1-11H. The number of pyridine rings is 1. The zero-order valence-corrected chi connectivity index (χ0v) is 16.4. The van der Waals surface area contributed by atoms with Crippen LogP contribution in [0.25, 0.3) is 22.7 Å². The molecule has 0 unspecified atom stereocenters. The van der Waals surface area contributed by atoms with E-state index in [0.29, 0.717) is 16.1 Å². The van der Waals surface area contributed by atoms with Crippen LogP contribution in [0.4, 0.5) is 13.2 Å². The van der Waals surface area contributed by atoms with Crippen molar-refractivity contribution < 1.29 is 26.1 Å². The molecule has 4 aromatic heterocycles. The third-order valence-corrected chi connectivity index (χ3v) is 7.04. The van der Waals surface area contributed by atoms with E-state index in [2.05, 4.69) is 19.6 Å². The quantitative estimate of drug-likeness (QED) is 0.445. The predicted octanol–water partition coefficient (Wildman–Crippen LogP) is 4.42. The summed E-state index contributed by atoms with van der Waals surface area (Å²) in [7, 11) is -3.83. The average Bonchev–Trinajstić information content (AvgIpc) is 3.47. The van der Waals surface area contributed by atoms with Gasteiger partial charge in [-0.3, -0.25) is 4.98 Å². The Morgan fingerprint density at radius 2 is 1.93 bits per heavy atom. The normalized spacial score (nSPS) is 12.6. The number of nitrogens with zero attached hydrogens (tertiary/aromatic N) is 4. The van der Waals surface area contributed by atoms with Crippen LogP contribution in [0, 0.1) is 0 Å². The number of rotatable bonds is 5. The molecule has 0 atom stereocenters. The Morgan fingerprint density at radius 3 is 2.63 bits per heavy atom. The molecule has 4 heterocycles. The summed E-state index contributed by atoms with van der Waals surface area (Å²) in [6.45, 7) is 0. The van der Waals surface area contributed by atoms with Crippen LogP contribution in [0.2, 0.25) is 0 Å². The lowest BCUT2D eigenvalue weighted by molar-refractivity contribution is -0.159. The van der Waals surface area contributed by atoms with E-state index < -0.39 is 22.1 Å². The van der Waals surface area contributed by atoms with Gasteiger partial charge < -0.3 is 4.52 Å². The fourth-order valence-corrected chi connectivity index (χ4v) is 5.03. The molecule has 4 rings (SSSR count). The minimum atomic E-state index is -4.73. The number of thiophene rings is 1. The SMILES string of the molecule is O=S(=O)(c1ccc(-c2ccccn2)s1)n1ccc(C=Cc2noc(C(F)(F)F)n2)c1. The Kier molecular flexibility index (Phi) is 5.03. The molecule has 0 bridgehead atoms. The zero-order chi connectivity index (χ0) is 21.4. The van der Waals surface area contributed by atoms with Gasteiger partial charge in [0.25, 0.3) is 10.0 Å². The van der Waals surface area contributed by atoms with Gasteiger partial charge in [-0.05, 0) is 48.0 Å². The van der Waals surface area contributed by atoms with E-state index in [4.69, 9.17) is 0 Å². The number of aromatic nitrogens is 4. The average molecular weight is 452 g/mol. The number of halogens is 3. The lowest BCUT2D eigenvalue weighted by atomic mass is 10.3. The van der Waals surface area contributed by atoms with Crippen molar-refractivity contribution >= 4 is 33.5 Å². The van der Waals surface area contributed by atoms with E-state index in [1.54, 1.807) is 24.4 Å². The van der Waals surface area contributed by atoms with E-state index in [1.807, 2.05) is 6.07 Å². The second kappa shape index (κ2) is 7.54. The van der Waals surface area contributed by atoms with E-state index in [1.165, 1.54) is 36.7 Å². The fourth-order valence-electron chi connectivity index (χ4n) is 2.44. The van der Waals surface area contributed by atoms with Crippen molar-refractivity contribution in [3.8, 4) is 10.6 Å². The van der Waals surface area contributed by atoms with Crippen molar-refractivity contribution in [1.82, 2.24) is 19.1 Å². The molecule has 0 aliphatic heterocycles. The van der Waals surface area contributed by atoms with Crippen molar-refractivity contribution in [2.75, 3.05) is 0 Å². The van der Waals surface area contributed by atoms with Crippen molar-refractivity contribution in [3.05, 3.63) is 72.3 Å². The zero-order valence-electron chi connectivity index (χ0n) is 14.8. The maximum Gasteiger partial charge on any atom is 0.471 e. The van der Waals surface area contributed by atoms with Gasteiger partial charge in [0.05, 0.1) is 10.6 Å². The van der Waals surface area contributed by atoms with Gasteiger partial charge in [-0.25, -0.2) is 3.97 Å². The topological polar surface area (TPSA) is 90.9 Å². The van der Waals surface area contributed by atoms with Crippen molar-refractivity contribution in [1.29, 1.82) is 0 Å². The van der Waals surface area contributed by atoms with E-state index in [-0.39, 0.29) is 10.0 Å². The predicted molar refractivity (Wildman–Crippen MR) is 103 cm³/mol. The van der Waals surface area contributed by atoms with Crippen LogP contribution in [0.3, 0.4) is 0 Å². The molecule has 154 valence electrons. The molecule has 0 aromatic carbocycles. The Bertz CT molecular complexity index is 1310. The molecule has 0 radical (unpaired) electrons. The summed E-state index contributed by atoms with van der Waals surface area (Å²) < 4.78 is 68.4. The molecule has 0 aliphatic carbocycles. The molecule has 0 amide bonds. The van der Waals surface area contributed by atoms with Gasteiger partial charge in [0.15, 0.2) is 5.82 Å². The van der Waals surface area contributed by atoms with Crippen LogP contribution < -0.4 is 0 Å². The molecule has 0 fully saturated rings. The highest BCUT2D eigenvalue weighted by atomic mass is 32.2. The summed E-state index contributed by atoms with van der Waals surface area (Å²) in [5.74, 6) is -1.74. The van der Waals surface area contributed by atoms with Crippen molar-refractivity contribution in [2.45, 2.75) is 10.4 Å². The maximum absolute atomic E-state index is 12.8. The van der Waals surface area contributed by atoms with Gasteiger partial charge in [-0.2, -0.15) is 26.6 Å². The monoisotopic (exact) mass is 452 g/mol. The first kappa shape index (κ1) is 20.0. The van der Waals surface area contributed by atoms with Gasteiger partial charge in [0.2, 0.25) is 0 Å². The summed E-state index contributed by atoms with van der Waals surface area (Å²) in [5.41, 5.74) is 1.09. The van der Waals surface area contributed by atoms with Gasteiger partial charge in [-0.1, -0.05) is 11.2 Å². The van der Waals surface area contributed by atoms with Crippen LogP contribution >= 0.6 is 11.3 Å².